The summed E-state index contributed by atoms with van der Waals surface area (Å²) in [6.07, 6.45) is -0.603. The van der Waals surface area contributed by atoms with Crippen LogP contribution in [-0.2, 0) is 22.6 Å². The number of hydrogen-bond donors (Lipinski definition) is 2. The van der Waals surface area contributed by atoms with Gasteiger partial charge in [-0.15, -0.1) is 0 Å². The lowest BCUT2D eigenvalue weighted by Crippen LogP contribution is -2.46. The number of nitrogens with one attached hydrogen (secondary N) is 2. The number of alkyl carbamates (subject to hydrolysis) is 1. The molecule has 0 bridgehead atoms. The molecule has 1 aromatic heterocycles. The van der Waals surface area contributed by atoms with Crippen molar-refractivity contribution in [1.29, 1.82) is 0 Å². The summed E-state index contributed by atoms with van der Waals surface area (Å²) in [5.41, 5.74) is 2.80. The highest BCUT2D eigenvalue weighted by Crippen LogP contribution is 2.29. The van der Waals surface area contributed by atoms with Crippen molar-refractivity contribution < 1.29 is 14.3 Å². The number of aromatic nitrogens is 1. The van der Waals surface area contributed by atoms with Gasteiger partial charge in [-0.1, -0.05) is 24.3 Å². The molecule has 0 aliphatic heterocycles. The predicted octanol–water partition coefficient (Wildman–Crippen LogP) is 4.34. The van der Waals surface area contributed by atoms with Gasteiger partial charge in [-0.3, -0.25) is 4.79 Å². The van der Waals surface area contributed by atoms with Crippen LogP contribution in [0.3, 0.4) is 0 Å². The Morgan fingerprint density at radius 1 is 1.07 bits per heavy atom. The topological polar surface area (TPSA) is 72.4 Å². The Kier molecular flexibility index (Phi) is 5.82. The minimum Gasteiger partial charge on any atom is -0.444 e. The molecule has 0 radical (unpaired) electrons. The van der Waals surface area contributed by atoms with Crippen LogP contribution in [0.5, 0.6) is 0 Å². The van der Waals surface area contributed by atoms with Crippen LogP contribution in [0.15, 0.2) is 42.5 Å². The Morgan fingerprint density at radius 2 is 1.76 bits per heavy atom. The highest BCUT2D eigenvalue weighted by atomic mass is 16.6. The molecule has 2 aromatic carbocycles. The monoisotopic (exact) mass is 395 g/mol. The molecule has 6 heteroatoms. The number of fused-ring (bicyclic) bond motifs is 3. The van der Waals surface area contributed by atoms with Gasteiger partial charge in [0.05, 0.1) is 0 Å². The number of nitrogens with zero attached hydrogens (tertiary/aromatic N) is 1. The Hall–Kier alpha value is -3.02. The molecule has 3 rings (SSSR count). The summed E-state index contributed by atoms with van der Waals surface area (Å²) in [6.45, 7) is 10.4. The number of carbonyl (C=O) groups excluding carboxylic acids is 2. The van der Waals surface area contributed by atoms with Crippen LogP contribution in [0.25, 0.3) is 21.8 Å². The number of aryl methyl sites for hydroxylation is 1. The largest absolute Gasteiger partial charge is 0.444 e. The molecule has 1 unspecified atom stereocenters. The Bertz CT molecular complexity index is 1050. The van der Waals surface area contributed by atoms with Gasteiger partial charge in [-0.25, -0.2) is 4.79 Å². The summed E-state index contributed by atoms with van der Waals surface area (Å²) in [5.74, 6) is -0.257. The number of benzene rings is 2. The van der Waals surface area contributed by atoms with E-state index in [1.807, 2.05) is 18.2 Å². The lowest BCUT2D eigenvalue weighted by molar-refractivity contribution is -0.122. The molecule has 1 heterocycles. The third-order valence-electron chi connectivity index (χ3n) is 4.75. The predicted molar refractivity (Wildman–Crippen MR) is 116 cm³/mol. The molecule has 0 fully saturated rings. The van der Waals surface area contributed by atoms with Crippen LogP contribution in [0.4, 0.5) is 4.79 Å². The average molecular weight is 396 g/mol. The van der Waals surface area contributed by atoms with E-state index >= 15 is 0 Å². The van der Waals surface area contributed by atoms with E-state index in [0.29, 0.717) is 6.54 Å². The van der Waals surface area contributed by atoms with Crippen molar-refractivity contribution in [3.63, 3.8) is 0 Å². The maximum Gasteiger partial charge on any atom is 0.408 e. The van der Waals surface area contributed by atoms with Gasteiger partial charge in [0.25, 0.3) is 0 Å². The fourth-order valence-corrected chi connectivity index (χ4v) is 3.44. The number of hydrogen-bond acceptors (Lipinski definition) is 3. The zero-order chi connectivity index (χ0) is 21.2. The lowest BCUT2D eigenvalue weighted by Gasteiger charge is -2.21. The van der Waals surface area contributed by atoms with Crippen LogP contribution in [-0.4, -0.2) is 28.2 Å². The maximum atomic E-state index is 12.4. The molecule has 6 nitrogen and oxygen atoms in total. The summed E-state index contributed by atoms with van der Waals surface area (Å²) in [4.78, 5) is 24.2. The van der Waals surface area contributed by atoms with E-state index < -0.39 is 17.7 Å². The molecule has 2 N–H and O–H groups in total. The Balaban J connectivity index is 1.70. The van der Waals surface area contributed by atoms with E-state index in [1.165, 1.54) is 21.8 Å². The second-order valence-electron chi connectivity index (χ2n) is 8.20. The van der Waals surface area contributed by atoms with Gasteiger partial charge in [0.1, 0.15) is 11.6 Å². The molecule has 0 spiro atoms. The quantitative estimate of drug-likeness (QED) is 0.675. The molecule has 3 aromatic rings. The molecule has 0 saturated carbocycles. The van der Waals surface area contributed by atoms with E-state index in [-0.39, 0.29) is 5.91 Å². The van der Waals surface area contributed by atoms with E-state index in [1.54, 1.807) is 27.7 Å². The minimum absolute atomic E-state index is 0.257. The molecular formula is C23H29N3O3. The zero-order valence-electron chi connectivity index (χ0n) is 17.7. The summed E-state index contributed by atoms with van der Waals surface area (Å²) >= 11 is 0. The molecule has 29 heavy (non-hydrogen) atoms. The smallest absolute Gasteiger partial charge is 0.408 e. The third-order valence-corrected chi connectivity index (χ3v) is 4.75. The number of amides is 2. The van der Waals surface area contributed by atoms with E-state index in [9.17, 15) is 9.59 Å². The van der Waals surface area contributed by atoms with Crippen molar-refractivity contribution in [3.8, 4) is 0 Å². The first-order valence-electron chi connectivity index (χ1n) is 9.96. The van der Waals surface area contributed by atoms with Crippen molar-refractivity contribution in [3.05, 3.63) is 48.0 Å². The van der Waals surface area contributed by atoms with Crippen molar-refractivity contribution in [2.45, 2.75) is 59.4 Å². The highest BCUT2D eigenvalue weighted by Gasteiger charge is 2.21. The summed E-state index contributed by atoms with van der Waals surface area (Å²) in [6, 6.07) is 13.9. The number of carbonyl (C=O) groups is 2. The van der Waals surface area contributed by atoms with Gasteiger partial charge in [-0.05, 0) is 58.4 Å². The van der Waals surface area contributed by atoms with Crippen LogP contribution in [0.1, 0.15) is 40.2 Å². The minimum atomic E-state index is -0.685. The standard InChI is InChI=1S/C23H29N3O3/c1-6-26-19-10-8-7-9-17(19)18-13-16(11-12-20(18)26)14-24-21(27)15(2)25-22(28)29-23(3,4)5/h7-13,15H,6,14H2,1-5H3,(H,24,27)(H,25,28). The molecule has 154 valence electrons. The van der Waals surface area contributed by atoms with Gasteiger partial charge in [0, 0.05) is 34.9 Å². The van der Waals surface area contributed by atoms with Crippen LogP contribution in [0.2, 0.25) is 0 Å². The SMILES string of the molecule is CCn1c2ccccc2c2cc(CNC(=O)C(C)NC(=O)OC(C)(C)C)ccc21. The molecule has 0 aliphatic rings. The first-order valence-corrected chi connectivity index (χ1v) is 9.96. The highest BCUT2D eigenvalue weighted by molar-refractivity contribution is 6.08. The summed E-state index contributed by atoms with van der Waals surface area (Å²) < 4.78 is 7.48. The molecule has 2 amide bonds. The lowest BCUT2D eigenvalue weighted by atomic mass is 10.1. The first-order chi connectivity index (χ1) is 13.7. The Morgan fingerprint density at radius 3 is 2.45 bits per heavy atom. The van der Waals surface area contributed by atoms with Crippen molar-refractivity contribution in [1.82, 2.24) is 15.2 Å². The first kappa shape index (κ1) is 20.7. The van der Waals surface area contributed by atoms with Gasteiger partial charge in [0.15, 0.2) is 0 Å². The van der Waals surface area contributed by atoms with E-state index in [2.05, 4.69) is 46.4 Å². The number of ether oxygens (including phenoxy) is 1. The normalized spacial score (nSPS) is 12.7. The molecule has 1 atom stereocenters. The third kappa shape index (κ3) is 4.70. The second kappa shape index (κ2) is 8.15. The molecule has 0 saturated heterocycles. The summed E-state index contributed by atoms with van der Waals surface area (Å²) in [7, 11) is 0. The van der Waals surface area contributed by atoms with Crippen LogP contribution in [0, 0.1) is 0 Å². The Labute approximate surface area is 171 Å². The summed E-state index contributed by atoms with van der Waals surface area (Å²) in [5, 5.41) is 7.83. The van der Waals surface area contributed by atoms with E-state index in [0.717, 1.165) is 12.1 Å². The van der Waals surface area contributed by atoms with Gasteiger partial charge < -0.3 is 19.9 Å². The molecular weight excluding hydrogens is 366 g/mol. The van der Waals surface area contributed by atoms with Crippen molar-refractivity contribution in [2.24, 2.45) is 0 Å². The van der Waals surface area contributed by atoms with Gasteiger partial charge >= 0.3 is 6.09 Å². The zero-order valence-corrected chi connectivity index (χ0v) is 17.7. The maximum absolute atomic E-state index is 12.4. The fraction of sp³-hybridized carbons (Fsp3) is 0.391. The van der Waals surface area contributed by atoms with Crippen LogP contribution >= 0.6 is 0 Å². The fourth-order valence-electron chi connectivity index (χ4n) is 3.44. The second-order valence-corrected chi connectivity index (χ2v) is 8.20. The number of para-hydroxylation sites is 1. The van der Waals surface area contributed by atoms with E-state index in [4.69, 9.17) is 4.74 Å². The average Bonchev–Trinajstić information content (AvgIpc) is 2.97. The van der Waals surface area contributed by atoms with Crippen molar-refractivity contribution >= 4 is 33.8 Å². The number of rotatable bonds is 5. The van der Waals surface area contributed by atoms with Gasteiger partial charge in [-0.2, -0.15) is 0 Å². The van der Waals surface area contributed by atoms with Crippen LogP contribution < -0.4 is 10.6 Å². The molecule has 0 aliphatic carbocycles. The van der Waals surface area contributed by atoms with Gasteiger partial charge in [0.2, 0.25) is 5.91 Å². The van der Waals surface area contributed by atoms with Crippen molar-refractivity contribution in [2.75, 3.05) is 0 Å².